The van der Waals surface area contributed by atoms with Gasteiger partial charge in [0.1, 0.15) is 5.94 Å². The van der Waals surface area contributed by atoms with Gasteiger partial charge in [-0.1, -0.05) is 0 Å². The zero-order valence-electron chi connectivity index (χ0n) is 6.20. The summed E-state index contributed by atoms with van der Waals surface area (Å²) in [6.45, 7) is 0.882. The Labute approximate surface area is 66.1 Å². The van der Waals surface area contributed by atoms with Gasteiger partial charge >= 0.3 is 5.92 Å². The van der Waals surface area contributed by atoms with Crippen LogP contribution in [0.1, 0.15) is 13.3 Å². The molecule has 0 spiro atoms. The zero-order valence-corrected chi connectivity index (χ0v) is 6.20. The number of hydrogen-bond donors (Lipinski definition) is 0. The third kappa shape index (κ3) is 0.829. The fraction of sp³-hybridized carbons (Fsp3) is 0.714. The second-order valence-electron chi connectivity index (χ2n) is 2.82. The molecule has 0 aromatic heterocycles. The zero-order chi connectivity index (χ0) is 9.57. The van der Waals surface area contributed by atoms with Crippen LogP contribution in [0.2, 0.25) is 0 Å². The average Bonchev–Trinajstić information content (AvgIpc) is 2.03. The topological polar surface area (TPSA) is 17.1 Å². The normalized spacial score (nSPS) is 38.2. The standard InChI is InChI=1S/C7H6F4O/c1-4(3-12)6(9)2-5(8)7(6,10)11/h5H,2H2,1H3. The smallest absolute Gasteiger partial charge is 0.241 e. The van der Waals surface area contributed by atoms with Crippen molar-refractivity contribution in [1.82, 2.24) is 0 Å². The lowest BCUT2D eigenvalue weighted by atomic mass is 9.72. The van der Waals surface area contributed by atoms with E-state index >= 15 is 0 Å². The van der Waals surface area contributed by atoms with E-state index in [1.165, 1.54) is 0 Å². The van der Waals surface area contributed by atoms with Crippen LogP contribution >= 0.6 is 0 Å². The van der Waals surface area contributed by atoms with Crippen molar-refractivity contribution < 1.29 is 22.4 Å². The van der Waals surface area contributed by atoms with Gasteiger partial charge < -0.3 is 0 Å². The monoisotopic (exact) mass is 182 g/mol. The maximum Gasteiger partial charge on any atom is 0.316 e. The SMILES string of the molecule is CC(=C=O)C1(F)CC(F)C1(F)F. The lowest BCUT2D eigenvalue weighted by Crippen LogP contribution is -2.63. The quantitative estimate of drug-likeness (QED) is 0.446. The third-order valence-electron chi connectivity index (χ3n) is 2.13. The molecule has 0 aliphatic heterocycles. The molecule has 0 bridgehead atoms. The Bertz CT molecular complexity index is 256. The fourth-order valence-corrected chi connectivity index (χ4v) is 1.11. The van der Waals surface area contributed by atoms with Crippen molar-refractivity contribution in [2.45, 2.75) is 31.1 Å². The molecule has 12 heavy (non-hydrogen) atoms. The summed E-state index contributed by atoms with van der Waals surface area (Å²) in [7, 11) is 0. The Hall–Kier alpha value is -0.830. The van der Waals surface area contributed by atoms with Gasteiger partial charge in [-0.25, -0.2) is 13.6 Å². The molecule has 1 aliphatic rings. The highest BCUT2D eigenvalue weighted by Crippen LogP contribution is 2.54. The molecule has 0 aromatic rings. The van der Waals surface area contributed by atoms with Gasteiger partial charge in [0.15, 0.2) is 6.17 Å². The molecular formula is C7H6F4O. The molecule has 2 unspecified atom stereocenters. The van der Waals surface area contributed by atoms with Crippen molar-refractivity contribution in [3.8, 4) is 0 Å². The summed E-state index contributed by atoms with van der Waals surface area (Å²) in [5, 5.41) is 0. The first-order chi connectivity index (χ1) is 5.36. The molecule has 5 heteroatoms. The van der Waals surface area contributed by atoms with Gasteiger partial charge in [0.25, 0.3) is 0 Å². The van der Waals surface area contributed by atoms with Gasteiger partial charge in [-0.05, 0) is 6.92 Å². The molecule has 1 nitrogen and oxygen atoms in total. The predicted octanol–water partition coefficient (Wildman–Crippen LogP) is 1.85. The van der Waals surface area contributed by atoms with Gasteiger partial charge in [0, 0.05) is 6.42 Å². The van der Waals surface area contributed by atoms with Crippen molar-refractivity contribution in [1.29, 1.82) is 0 Å². The summed E-state index contributed by atoms with van der Waals surface area (Å²) in [5.41, 5.74) is -3.89. The van der Waals surface area contributed by atoms with Gasteiger partial charge in [-0.2, -0.15) is 8.78 Å². The highest BCUT2D eigenvalue weighted by Gasteiger charge is 2.72. The van der Waals surface area contributed by atoms with Crippen molar-refractivity contribution in [3.63, 3.8) is 0 Å². The Morgan fingerprint density at radius 1 is 1.50 bits per heavy atom. The predicted molar refractivity (Wildman–Crippen MR) is 33.2 cm³/mol. The minimum atomic E-state index is -4.07. The molecule has 68 valence electrons. The minimum Gasteiger partial charge on any atom is -0.241 e. The summed E-state index contributed by atoms with van der Waals surface area (Å²) in [6, 6.07) is 0. The molecule has 1 aliphatic carbocycles. The van der Waals surface area contributed by atoms with Crippen molar-refractivity contribution in [3.05, 3.63) is 5.57 Å². The first kappa shape index (κ1) is 9.26. The molecule has 0 N–H and O–H groups in total. The van der Waals surface area contributed by atoms with E-state index in [1.807, 2.05) is 0 Å². The molecule has 1 fully saturated rings. The second kappa shape index (κ2) is 2.33. The summed E-state index contributed by atoms with van der Waals surface area (Å²) < 4.78 is 50.1. The van der Waals surface area contributed by atoms with Crippen LogP contribution in [0.3, 0.4) is 0 Å². The van der Waals surface area contributed by atoms with Crippen LogP contribution < -0.4 is 0 Å². The number of rotatable bonds is 1. The summed E-state index contributed by atoms with van der Waals surface area (Å²) >= 11 is 0. The molecule has 0 heterocycles. The van der Waals surface area contributed by atoms with Crippen molar-refractivity contribution in [2.24, 2.45) is 0 Å². The molecule has 0 aromatic carbocycles. The van der Waals surface area contributed by atoms with E-state index in [2.05, 4.69) is 0 Å². The fourth-order valence-electron chi connectivity index (χ4n) is 1.11. The van der Waals surface area contributed by atoms with Crippen molar-refractivity contribution >= 4 is 5.94 Å². The summed E-state index contributed by atoms with van der Waals surface area (Å²) in [5.74, 6) is -3.05. The molecule has 2 atom stereocenters. The van der Waals surface area contributed by atoms with Crippen LogP contribution in [0.15, 0.2) is 5.57 Å². The van der Waals surface area contributed by atoms with Crippen LogP contribution in [0.25, 0.3) is 0 Å². The van der Waals surface area contributed by atoms with Crippen LogP contribution in [0, 0.1) is 0 Å². The van der Waals surface area contributed by atoms with E-state index in [0.29, 0.717) is 0 Å². The van der Waals surface area contributed by atoms with Gasteiger partial charge in [0.2, 0.25) is 5.67 Å². The minimum absolute atomic E-state index is 0.776. The Kier molecular flexibility index (Phi) is 1.80. The first-order valence-corrected chi connectivity index (χ1v) is 3.29. The Morgan fingerprint density at radius 3 is 2.25 bits per heavy atom. The summed E-state index contributed by atoms with van der Waals surface area (Å²) in [4.78, 5) is 9.88. The second-order valence-corrected chi connectivity index (χ2v) is 2.82. The number of hydrogen-bond acceptors (Lipinski definition) is 1. The van der Waals surface area contributed by atoms with E-state index in [9.17, 15) is 22.4 Å². The maximum atomic E-state index is 13.0. The third-order valence-corrected chi connectivity index (χ3v) is 2.13. The van der Waals surface area contributed by atoms with Crippen LogP contribution in [-0.4, -0.2) is 23.7 Å². The lowest BCUT2D eigenvalue weighted by molar-refractivity contribution is -0.241. The number of alkyl halides is 4. The van der Waals surface area contributed by atoms with Gasteiger partial charge in [-0.15, -0.1) is 0 Å². The van der Waals surface area contributed by atoms with Crippen LogP contribution in [-0.2, 0) is 4.79 Å². The largest absolute Gasteiger partial charge is 0.316 e. The molecule has 1 rings (SSSR count). The maximum absolute atomic E-state index is 13.0. The average molecular weight is 182 g/mol. The van der Waals surface area contributed by atoms with E-state index in [1.54, 1.807) is 0 Å². The Morgan fingerprint density at radius 2 is 2.00 bits per heavy atom. The Balaban J connectivity index is 2.99. The molecule has 0 amide bonds. The molecule has 0 saturated heterocycles. The van der Waals surface area contributed by atoms with Gasteiger partial charge in [0.05, 0.1) is 5.57 Å². The van der Waals surface area contributed by atoms with E-state index < -0.39 is 29.8 Å². The van der Waals surface area contributed by atoms with E-state index in [0.717, 1.165) is 12.9 Å². The number of halogens is 4. The number of allylic oxidation sites excluding steroid dienone is 1. The van der Waals surface area contributed by atoms with Crippen LogP contribution in [0.5, 0.6) is 0 Å². The molecule has 0 radical (unpaired) electrons. The van der Waals surface area contributed by atoms with Crippen LogP contribution in [0.4, 0.5) is 17.6 Å². The van der Waals surface area contributed by atoms with Crippen molar-refractivity contribution in [2.75, 3.05) is 0 Å². The van der Waals surface area contributed by atoms with E-state index in [-0.39, 0.29) is 0 Å². The van der Waals surface area contributed by atoms with Gasteiger partial charge in [-0.3, -0.25) is 0 Å². The number of carbonyl (C=O) groups excluding carboxylic acids is 1. The highest BCUT2D eigenvalue weighted by molar-refractivity contribution is 5.57. The molecular weight excluding hydrogens is 176 g/mol. The first-order valence-electron chi connectivity index (χ1n) is 3.29. The van der Waals surface area contributed by atoms with E-state index in [4.69, 9.17) is 0 Å². The lowest BCUT2D eigenvalue weighted by Gasteiger charge is -2.44. The highest BCUT2D eigenvalue weighted by atomic mass is 19.3. The summed E-state index contributed by atoms with van der Waals surface area (Å²) in [6.07, 6.45) is -3.45. The molecule has 1 saturated carbocycles.